The molecule has 0 radical (unpaired) electrons. The van der Waals surface area contributed by atoms with Gasteiger partial charge in [-0.3, -0.25) is 9.59 Å². The van der Waals surface area contributed by atoms with E-state index in [1.165, 1.54) is 0 Å². The molecule has 10 nitrogen and oxygen atoms in total. The minimum atomic E-state index is -0.732. The van der Waals surface area contributed by atoms with Crippen molar-refractivity contribution in [1.29, 1.82) is 0 Å². The number of carbonyl (C=O) groups excluding carboxylic acids is 4. The van der Waals surface area contributed by atoms with Gasteiger partial charge < -0.3 is 30.7 Å². The third-order valence-electron chi connectivity index (χ3n) is 4.76. The predicted molar refractivity (Wildman–Crippen MR) is 132 cm³/mol. The van der Waals surface area contributed by atoms with E-state index in [1.54, 1.807) is 27.7 Å². The smallest absolute Gasteiger partial charge is 0.408 e. The Balaban J connectivity index is 2.27. The normalized spacial score (nSPS) is 12.8. The summed E-state index contributed by atoms with van der Waals surface area (Å²) in [6.45, 7) is 11.4. The highest BCUT2D eigenvalue weighted by atomic mass is 16.6. The van der Waals surface area contributed by atoms with E-state index in [-0.39, 0.29) is 24.3 Å². The van der Waals surface area contributed by atoms with Gasteiger partial charge in [0, 0.05) is 13.1 Å². The highest BCUT2D eigenvalue weighted by Crippen LogP contribution is 2.07. The van der Waals surface area contributed by atoms with Crippen LogP contribution in [0, 0.1) is 5.92 Å². The summed E-state index contributed by atoms with van der Waals surface area (Å²) < 4.78 is 10.3. The van der Waals surface area contributed by atoms with E-state index in [0.29, 0.717) is 25.9 Å². The molecule has 4 N–H and O–H groups in total. The second-order valence-corrected chi connectivity index (χ2v) is 9.58. The Morgan fingerprint density at radius 3 is 1.94 bits per heavy atom. The quantitative estimate of drug-likeness (QED) is 0.332. The largest absolute Gasteiger partial charge is 0.445 e. The summed E-state index contributed by atoms with van der Waals surface area (Å²) in [5, 5.41) is 10.6. The van der Waals surface area contributed by atoms with Crippen LogP contribution in [0.5, 0.6) is 0 Å². The lowest BCUT2D eigenvalue weighted by atomic mass is 10.0. The standard InChI is InChI=1S/C25H40N4O6/c1-17(2)20(29-23(32)34-16-19-12-8-7-9-13-19)22(31)27-15-11-10-14-26-21(30)18(3)28-24(33)35-25(4,5)6/h7-9,12-13,17-18,20H,10-11,14-16H2,1-6H3,(H,26,30)(H,27,31)(H,28,33)(H,29,32)/t18-,20-/m0/s1. The van der Waals surface area contributed by atoms with Crippen molar-refractivity contribution in [2.24, 2.45) is 5.92 Å². The SMILES string of the molecule is CC(C)[C@H](NC(=O)OCc1ccccc1)C(=O)NCCCCNC(=O)[C@H](C)NC(=O)OC(C)(C)C. The molecule has 0 heterocycles. The van der Waals surface area contributed by atoms with Crippen LogP contribution in [-0.4, -0.2) is 54.8 Å². The van der Waals surface area contributed by atoms with Gasteiger partial charge in [-0.1, -0.05) is 44.2 Å². The summed E-state index contributed by atoms with van der Waals surface area (Å²) in [4.78, 5) is 48.5. The molecule has 0 aromatic heterocycles. The van der Waals surface area contributed by atoms with E-state index in [4.69, 9.17) is 9.47 Å². The first-order chi connectivity index (χ1) is 16.4. The number of hydrogen-bond acceptors (Lipinski definition) is 6. The highest BCUT2D eigenvalue weighted by molar-refractivity contribution is 5.86. The van der Waals surface area contributed by atoms with Crippen molar-refractivity contribution in [2.45, 2.75) is 78.7 Å². The first-order valence-corrected chi connectivity index (χ1v) is 11.9. The number of nitrogens with one attached hydrogen (secondary N) is 4. The zero-order valence-corrected chi connectivity index (χ0v) is 21.6. The van der Waals surface area contributed by atoms with Gasteiger partial charge >= 0.3 is 12.2 Å². The molecule has 4 amide bonds. The average Bonchev–Trinajstić information content (AvgIpc) is 2.77. The molecule has 0 aliphatic rings. The first kappa shape index (κ1) is 29.7. The summed E-state index contributed by atoms with van der Waals surface area (Å²) in [7, 11) is 0. The van der Waals surface area contributed by atoms with Crippen LogP contribution in [0.15, 0.2) is 30.3 Å². The molecule has 0 fully saturated rings. The van der Waals surface area contributed by atoms with Gasteiger partial charge in [-0.2, -0.15) is 0 Å². The molecule has 1 aromatic carbocycles. The zero-order chi connectivity index (χ0) is 26.4. The van der Waals surface area contributed by atoms with Gasteiger partial charge in [-0.05, 0) is 52.0 Å². The van der Waals surface area contributed by atoms with Gasteiger partial charge in [0.15, 0.2) is 0 Å². The second kappa shape index (κ2) is 14.9. The molecule has 196 valence electrons. The Morgan fingerprint density at radius 2 is 1.40 bits per heavy atom. The lowest BCUT2D eigenvalue weighted by Gasteiger charge is -2.22. The summed E-state index contributed by atoms with van der Waals surface area (Å²) in [6.07, 6.45) is -0.0487. The number of hydrogen-bond donors (Lipinski definition) is 4. The molecule has 0 saturated carbocycles. The minimum absolute atomic E-state index is 0.122. The molecule has 1 rings (SSSR count). The average molecular weight is 493 g/mol. The van der Waals surface area contributed by atoms with Crippen molar-refractivity contribution in [1.82, 2.24) is 21.3 Å². The molecule has 0 spiro atoms. The minimum Gasteiger partial charge on any atom is -0.445 e. The van der Waals surface area contributed by atoms with Gasteiger partial charge in [-0.25, -0.2) is 9.59 Å². The lowest BCUT2D eigenvalue weighted by Crippen LogP contribution is -2.50. The van der Waals surface area contributed by atoms with Crippen LogP contribution in [0.3, 0.4) is 0 Å². The monoisotopic (exact) mass is 492 g/mol. The predicted octanol–water partition coefficient (Wildman–Crippen LogP) is 2.86. The number of carbonyl (C=O) groups is 4. The third-order valence-corrected chi connectivity index (χ3v) is 4.76. The van der Waals surface area contributed by atoms with E-state index in [0.717, 1.165) is 5.56 Å². The topological polar surface area (TPSA) is 135 Å². The number of amides is 4. The maximum absolute atomic E-state index is 12.5. The van der Waals surface area contributed by atoms with E-state index < -0.39 is 29.9 Å². The molecule has 2 atom stereocenters. The number of alkyl carbamates (subject to hydrolysis) is 2. The molecule has 0 aliphatic heterocycles. The second-order valence-electron chi connectivity index (χ2n) is 9.58. The summed E-state index contributed by atoms with van der Waals surface area (Å²) >= 11 is 0. The fourth-order valence-corrected chi connectivity index (χ4v) is 2.91. The zero-order valence-electron chi connectivity index (χ0n) is 21.6. The van der Waals surface area contributed by atoms with Crippen LogP contribution in [0.2, 0.25) is 0 Å². The maximum Gasteiger partial charge on any atom is 0.408 e. The van der Waals surface area contributed by atoms with Crippen molar-refractivity contribution in [3.05, 3.63) is 35.9 Å². The van der Waals surface area contributed by atoms with Crippen molar-refractivity contribution >= 4 is 24.0 Å². The summed E-state index contributed by atoms with van der Waals surface area (Å²) in [5.41, 5.74) is 0.215. The van der Waals surface area contributed by atoms with Crippen molar-refractivity contribution in [3.63, 3.8) is 0 Å². The first-order valence-electron chi connectivity index (χ1n) is 11.9. The molecule has 0 aliphatic carbocycles. The molecule has 0 unspecified atom stereocenters. The Kier molecular flexibility index (Phi) is 12.6. The molecular formula is C25H40N4O6. The van der Waals surface area contributed by atoms with Crippen LogP contribution in [0.25, 0.3) is 0 Å². The fraction of sp³-hybridized carbons (Fsp3) is 0.600. The fourth-order valence-electron chi connectivity index (χ4n) is 2.91. The van der Waals surface area contributed by atoms with Crippen LogP contribution in [0.1, 0.15) is 59.9 Å². The van der Waals surface area contributed by atoms with Crippen molar-refractivity contribution in [3.8, 4) is 0 Å². The van der Waals surface area contributed by atoms with E-state index in [1.807, 2.05) is 44.2 Å². The molecule has 1 aromatic rings. The van der Waals surface area contributed by atoms with Crippen LogP contribution < -0.4 is 21.3 Å². The Hall–Kier alpha value is -3.30. The Bertz CT molecular complexity index is 823. The van der Waals surface area contributed by atoms with Gasteiger partial charge in [0.25, 0.3) is 0 Å². The molecule has 10 heteroatoms. The highest BCUT2D eigenvalue weighted by Gasteiger charge is 2.24. The van der Waals surface area contributed by atoms with Crippen molar-refractivity contribution < 1.29 is 28.7 Å². The van der Waals surface area contributed by atoms with Crippen LogP contribution in [-0.2, 0) is 25.7 Å². The number of unbranched alkanes of at least 4 members (excludes halogenated alkanes) is 1. The number of rotatable bonds is 12. The Morgan fingerprint density at radius 1 is 0.829 bits per heavy atom. The van der Waals surface area contributed by atoms with Gasteiger partial charge in [0.1, 0.15) is 24.3 Å². The summed E-state index contributed by atoms with van der Waals surface area (Å²) in [6, 6.07) is 7.83. The van der Waals surface area contributed by atoms with Crippen molar-refractivity contribution in [2.75, 3.05) is 13.1 Å². The lowest BCUT2D eigenvalue weighted by molar-refractivity contribution is -0.124. The molecular weight excluding hydrogens is 452 g/mol. The van der Waals surface area contributed by atoms with E-state index in [9.17, 15) is 19.2 Å². The van der Waals surface area contributed by atoms with Gasteiger partial charge in [0.05, 0.1) is 0 Å². The maximum atomic E-state index is 12.5. The number of benzene rings is 1. The molecule has 0 bridgehead atoms. The van der Waals surface area contributed by atoms with E-state index >= 15 is 0 Å². The van der Waals surface area contributed by atoms with Crippen LogP contribution >= 0.6 is 0 Å². The third kappa shape index (κ3) is 13.2. The molecule has 35 heavy (non-hydrogen) atoms. The summed E-state index contributed by atoms with van der Waals surface area (Å²) in [5.74, 6) is -0.744. The van der Waals surface area contributed by atoms with Gasteiger partial charge in [-0.15, -0.1) is 0 Å². The van der Waals surface area contributed by atoms with E-state index in [2.05, 4.69) is 21.3 Å². The Labute approximate surface area is 207 Å². The van der Waals surface area contributed by atoms with Crippen LogP contribution in [0.4, 0.5) is 9.59 Å². The van der Waals surface area contributed by atoms with Gasteiger partial charge in [0.2, 0.25) is 11.8 Å². The number of ether oxygens (including phenoxy) is 2. The molecule has 0 saturated heterocycles.